The summed E-state index contributed by atoms with van der Waals surface area (Å²) in [6, 6.07) is 12.4. The van der Waals surface area contributed by atoms with Crippen LogP contribution in [0.4, 0.5) is 11.4 Å². The molecule has 0 saturated carbocycles. The quantitative estimate of drug-likeness (QED) is 0.884. The van der Waals surface area contributed by atoms with Crippen LogP contribution in [0.3, 0.4) is 0 Å². The molecule has 1 saturated heterocycles. The van der Waals surface area contributed by atoms with E-state index < -0.39 is 5.92 Å². The Morgan fingerprint density at radius 2 is 2.00 bits per heavy atom. The summed E-state index contributed by atoms with van der Waals surface area (Å²) in [6.45, 7) is 2.24. The van der Waals surface area contributed by atoms with E-state index in [2.05, 4.69) is 5.32 Å². The summed E-state index contributed by atoms with van der Waals surface area (Å²) in [5.41, 5.74) is 2.28. The van der Waals surface area contributed by atoms with Gasteiger partial charge in [-0.3, -0.25) is 9.59 Å². The Morgan fingerprint density at radius 3 is 2.71 bits per heavy atom. The number of rotatable bonds is 3. The van der Waals surface area contributed by atoms with Crippen LogP contribution >= 0.6 is 23.2 Å². The van der Waals surface area contributed by atoms with E-state index in [1.807, 2.05) is 19.1 Å². The fourth-order valence-corrected chi connectivity index (χ4v) is 3.06. The van der Waals surface area contributed by atoms with E-state index in [0.29, 0.717) is 28.0 Å². The average Bonchev–Trinajstić information content (AvgIpc) is 2.92. The third kappa shape index (κ3) is 3.55. The fourth-order valence-electron chi connectivity index (χ4n) is 2.69. The van der Waals surface area contributed by atoms with Crippen molar-refractivity contribution in [1.82, 2.24) is 0 Å². The molecule has 4 nitrogen and oxygen atoms in total. The van der Waals surface area contributed by atoms with Crippen molar-refractivity contribution < 1.29 is 9.59 Å². The standard InChI is InChI=1S/C18H16Cl2N2O2/c1-11-5-6-15(9-16(11)20)22-10-12(7-17(22)23)18(24)21-14-4-2-3-13(19)8-14/h2-6,8-9,12H,7,10H2,1H3,(H,21,24). The largest absolute Gasteiger partial charge is 0.326 e. The number of amides is 2. The third-order valence-electron chi connectivity index (χ3n) is 4.06. The zero-order valence-electron chi connectivity index (χ0n) is 13.1. The number of hydrogen-bond donors (Lipinski definition) is 1. The summed E-state index contributed by atoms with van der Waals surface area (Å²) in [6.07, 6.45) is 0.178. The molecule has 2 amide bonds. The first kappa shape index (κ1) is 16.8. The number of aryl methyl sites for hydroxylation is 1. The second-order valence-corrected chi connectivity index (χ2v) is 6.68. The lowest BCUT2D eigenvalue weighted by Crippen LogP contribution is -2.28. The number of anilines is 2. The highest BCUT2D eigenvalue weighted by atomic mass is 35.5. The second kappa shape index (κ2) is 6.83. The maximum absolute atomic E-state index is 12.4. The van der Waals surface area contributed by atoms with Crippen LogP contribution in [0.1, 0.15) is 12.0 Å². The van der Waals surface area contributed by atoms with Gasteiger partial charge in [-0.15, -0.1) is 0 Å². The summed E-state index contributed by atoms with van der Waals surface area (Å²) in [7, 11) is 0. The van der Waals surface area contributed by atoms with Crippen molar-refractivity contribution in [3.05, 3.63) is 58.1 Å². The minimum Gasteiger partial charge on any atom is -0.326 e. The summed E-state index contributed by atoms with van der Waals surface area (Å²) in [5, 5.41) is 3.96. The van der Waals surface area contributed by atoms with E-state index in [4.69, 9.17) is 23.2 Å². The van der Waals surface area contributed by atoms with Gasteiger partial charge in [0, 0.05) is 34.4 Å². The van der Waals surface area contributed by atoms with E-state index in [1.54, 1.807) is 35.2 Å². The molecule has 1 N–H and O–H groups in total. The molecule has 0 spiro atoms. The normalized spacial score (nSPS) is 17.2. The Morgan fingerprint density at radius 1 is 1.21 bits per heavy atom. The van der Waals surface area contributed by atoms with E-state index >= 15 is 0 Å². The molecule has 0 radical (unpaired) electrons. The molecule has 0 bridgehead atoms. The van der Waals surface area contributed by atoms with Crippen molar-refractivity contribution in [2.24, 2.45) is 5.92 Å². The third-order valence-corrected chi connectivity index (χ3v) is 4.70. The van der Waals surface area contributed by atoms with Crippen LogP contribution < -0.4 is 10.2 Å². The Bertz CT molecular complexity index is 807. The molecular weight excluding hydrogens is 347 g/mol. The number of benzene rings is 2. The van der Waals surface area contributed by atoms with Crippen LogP contribution in [0.5, 0.6) is 0 Å². The van der Waals surface area contributed by atoms with Gasteiger partial charge in [0.15, 0.2) is 0 Å². The van der Waals surface area contributed by atoms with Gasteiger partial charge in [0.05, 0.1) is 5.92 Å². The molecule has 1 atom stereocenters. The predicted molar refractivity (Wildman–Crippen MR) is 96.7 cm³/mol. The van der Waals surface area contributed by atoms with Gasteiger partial charge in [-0.25, -0.2) is 0 Å². The number of carbonyl (C=O) groups excluding carboxylic acids is 2. The zero-order valence-corrected chi connectivity index (χ0v) is 14.6. The van der Waals surface area contributed by atoms with Crippen LogP contribution in [-0.4, -0.2) is 18.4 Å². The van der Waals surface area contributed by atoms with Crippen molar-refractivity contribution >= 4 is 46.4 Å². The van der Waals surface area contributed by atoms with Crippen LogP contribution in [-0.2, 0) is 9.59 Å². The number of halogens is 2. The van der Waals surface area contributed by atoms with Crippen molar-refractivity contribution in [3.8, 4) is 0 Å². The molecule has 2 aromatic rings. The van der Waals surface area contributed by atoms with Crippen LogP contribution in [0.2, 0.25) is 10.0 Å². The lowest BCUT2D eigenvalue weighted by molar-refractivity contribution is -0.122. The number of nitrogens with zero attached hydrogens (tertiary/aromatic N) is 1. The highest BCUT2D eigenvalue weighted by Crippen LogP contribution is 2.29. The average molecular weight is 363 g/mol. The molecule has 1 aliphatic rings. The lowest BCUT2D eigenvalue weighted by atomic mass is 10.1. The molecule has 124 valence electrons. The first-order valence-electron chi connectivity index (χ1n) is 7.57. The molecule has 1 fully saturated rings. The summed E-state index contributed by atoms with van der Waals surface area (Å²) < 4.78 is 0. The molecule has 2 aromatic carbocycles. The first-order chi connectivity index (χ1) is 11.4. The minimum absolute atomic E-state index is 0.0823. The molecule has 0 aliphatic carbocycles. The highest BCUT2D eigenvalue weighted by Gasteiger charge is 2.35. The maximum atomic E-state index is 12.4. The van der Waals surface area contributed by atoms with Gasteiger partial charge in [0.2, 0.25) is 11.8 Å². The molecule has 6 heteroatoms. The fraction of sp³-hybridized carbons (Fsp3) is 0.222. The Hall–Kier alpha value is -2.04. The van der Waals surface area contributed by atoms with Crippen molar-refractivity contribution in [1.29, 1.82) is 0 Å². The molecule has 1 unspecified atom stereocenters. The first-order valence-corrected chi connectivity index (χ1v) is 8.32. The molecular formula is C18H16Cl2N2O2. The summed E-state index contributed by atoms with van der Waals surface area (Å²) >= 11 is 12.0. The van der Waals surface area contributed by atoms with Gasteiger partial charge >= 0.3 is 0 Å². The van der Waals surface area contributed by atoms with Crippen LogP contribution in [0.25, 0.3) is 0 Å². The monoisotopic (exact) mass is 362 g/mol. The topological polar surface area (TPSA) is 49.4 Å². The van der Waals surface area contributed by atoms with E-state index in [0.717, 1.165) is 5.56 Å². The Kier molecular flexibility index (Phi) is 4.78. The zero-order chi connectivity index (χ0) is 17.3. The van der Waals surface area contributed by atoms with Crippen molar-refractivity contribution in [2.45, 2.75) is 13.3 Å². The number of carbonyl (C=O) groups is 2. The number of hydrogen-bond acceptors (Lipinski definition) is 2. The van der Waals surface area contributed by atoms with E-state index in [-0.39, 0.29) is 18.2 Å². The predicted octanol–water partition coefficient (Wildman–Crippen LogP) is 4.29. The van der Waals surface area contributed by atoms with Gasteiger partial charge in [0.25, 0.3) is 0 Å². The number of nitrogens with one attached hydrogen (secondary N) is 1. The lowest BCUT2D eigenvalue weighted by Gasteiger charge is -2.17. The second-order valence-electron chi connectivity index (χ2n) is 5.84. The Labute approximate surface area is 150 Å². The van der Waals surface area contributed by atoms with Gasteiger partial charge < -0.3 is 10.2 Å². The van der Waals surface area contributed by atoms with Crippen molar-refractivity contribution in [3.63, 3.8) is 0 Å². The highest BCUT2D eigenvalue weighted by molar-refractivity contribution is 6.31. The van der Waals surface area contributed by atoms with Crippen molar-refractivity contribution in [2.75, 3.05) is 16.8 Å². The molecule has 1 aliphatic heterocycles. The van der Waals surface area contributed by atoms with E-state index in [1.165, 1.54) is 0 Å². The van der Waals surface area contributed by atoms with Gasteiger partial charge in [-0.2, -0.15) is 0 Å². The Balaban J connectivity index is 1.72. The summed E-state index contributed by atoms with van der Waals surface area (Å²) in [5.74, 6) is -0.677. The van der Waals surface area contributed by atoms with E-state index in [9.17, 15) is 9.59 Å². The molecule has 0 aromatic heterocycles. The maximum Gasteiger partial charge on any atom is 0.229 e. The van der Waals surface area contributed by atoms with Gasteiger partial charge in [-0.05, 0) is 42.8 Å². The van der Waals surface area contributed by atoms with Gasteiger partial charge in [0.1, 0.15) is 0 Å². The molecule has 1 heterocycles. The SMILES string of the molecule is Cc1ccc(N2CC(C(=O)Nc3cccc(Cl)c3)CC2=O)cc1Cl. The molecule has 3 rings (SSSR count). The summed E-state index contributed by atoms with van der Waals surface area (Å²) in [4.78, 5) is 26.3. The van der Waals surface area contributed by atoms with Crippen LogP contribution in [0, 0.1) is 12.8 Å². The van der Waals surface area contributed by atoms with Gasteiger partial charge in [-0.1, -0.05) is 35.3 Å². The smallest absolute Gasteiger partial charge is 0.229 e. The molecule has 24 heavy (non-hydrogen) atoms. The minimum atomic E-state index is -0.406. The van der Waals surface area contributed by atoms with Crippen LogP contribution in [0.15, 0.2) is 42.5 Å².